The number of imidazole rings is 1. The van der Waals surface area contributed by atoms with Crippen LogP contribution in [0.15, 0.2) is 138 Å². The van der Waals surface area contributed by atoms with E-state index in [1.807, 2.05) is 0 Å². The number of para-hydroxylation sites is 2. The van der Waals surface area contributed by atoms with Gasteiger partial charge in [0.05, 0.1) is 0 Å². The van der Waals surface area contributed by atoms with E-state index in [2.05, 4.69) is 171 Å². The van der Waals surface area contributed by atoms with Crippen LogP contribution < -0.4 is 4.57 Å². The zero-order valence-corrected chi connectivity index (χ0v) is 23.6. The normalized spacial score (nSPS) is 11.7. The molecule has 6 aromatic carbocycles. The highest BCUT2D eigenvalue weighted by Crippen LogP contribution is 2.23. The molecule has 0 fully saturated rings. The Labute approximate surface area is 242 Å². The Kier molecular flexibility index (Phi) is 6.51. The predicted molar refractivity (Wildman–Crippen MR) is 171 cm³/mol. The minimum Gasteiger partial charge on any atom is -0.219 e. The van der Waals surface area contributed by atoms with E-state index in [9.17, 15) is 0 Å². The summed E-state index contributed by atoms with van der Waals surface area (Å²) in [6, 6.07) is 48.0. The second-order valence-electron chi connectivity index (χ2n) is 10.3. The van der Waals surface area contributed by atoms with Crippen molar-refractivity contribution in [2.45, 2.75) is 13.1 Å². The fraction of sp³-hybridized carbons (Fsp3) is 0.0541. The minimum absolute atomic E-state index is 0.788. The predicted octanol–water partition coefficient (Wildman–Crippen LogP) is 9.26. The van der Waals surface area contributed by atoms with Gasteiger partial charge in [-0.05, 0) is 80.7 Å². The lowest BCUT2D eigenvalue weighted by Crippen LogP contribution is -2.37. The van der Waals surface area contributed by atoms with Crippen LogP contribution in [0.4, 0.5) is 0 Å². The first kappa shape index (κ1) is 24.6. The van der Waals surface area contributed by atoms with Gasteiger partial charge in [-0.15, -0.1) is 0 Å². The molecule has 0 aliphatic carbocycles. The number of benzene rings is 6. The van der Waals surface area contributed by atoms with E-state index in [0.29, 0.717) is 0 Å². The molecular formula is C37H28BrN2+. The zero-order valence-electron chi connectivity index (χ0n) is 22.0. The monoisotopic (exact) mass is 579 g/mol. The first-order valence-electron chi connectivity index (χ1n) is 13.6. The summed E-state index contributed by atoms with van der Waals surface area (Å²) in [4.78, 5) is 0. The van der Waals surface area contributed by atoms with Crippen molar-refractivity contribution in [2.75, 3.05) is 0 Å². The Bertz CT molecular complexity index is 1900. The van der Waals surface area contributed by atoms with E-state index in [4.69, 9.17) is 0 Å². The van der Waals surface area contributed by atoms with E-state index in [0.717, 1.165) is 17.6 Å². The Balaban J connectivity index is 1.38. The summed E-state index contributed by atoms with van der Waals surface area (Å²) < 4.78 is 5.99. The molecule has 0 unspecified atom stereocenters. The van der Waals surface area contributed by atoms with Crippen LogP contribution in [0.1, 0.15) is 22.5 Å². The molecule has 3 heteroatoms. The van der Waals surface area contributed by atoms with Gasteiger partial charge < -0.3 is 0 Å². The summed E-state index contributed by atoms with van der Waals surface area (Å²) in [5.74, 6) is 1.17. The lowest BCUT2D eigenvalue weighted by Gasteiger charge is -2.06. The Hall–Kier alpha value is -4.47. The van der Waals surface area contributed by atoms with E-state index in [1.54, 1.807) is 0 Å². The van der Waals surface area contributed by atoms with Crippen molar-refractivity contribution < 1.29 is 4.57 Å². The number of halogens is 1. The Morgan fingerprint density at radius 3 is 1.90 bits per heavy atom. The van der Waals surface area contributed by atoms with Crippen LogP contribution in [0.3, 0.4) is 0 Å². The molecule has 7 aromatic rings. The number of fused-ring (bicyclic) bond motifs is 3. The van der Waals surface area contributed by atoms with Crippen LogP contribution in [0, 0.1) is 0 Å². The van der Waals surface area contributed by atoms with Gasteiger partial charge in [-0.3, -0.25) is 0 Å². The zero-order chi connectivity index (χ0) is 26.9. The standard InChI is InChI=1S/C37H28BrN2/c38-34-20-15-27(16-21-34)17-22-37-39(25-28-13-18-30-7-1-3-9-32(30)23-28)35-11-5-6-12-36(35)40(37)26-29-14-19-31-8-2-4-10-33(31)24-29/h1-24H,25-26H2/q+1/b22-17+. The molecule has 1 aromatic heterocycles. The van der Waals surface area contributed by atoms with Crippen molar-refractivity contribution in [3.63, 3.8) is 0 Å². The van der Waals surface area contributed by atoms with E-state index in [-0.39, 0.29) is 0 Å². The molecule has 40 heavy (non-hydrogen) atoms. The summed E-state index contributed by atoms with van der Waals surface area (Å²) in [5, 5.41) is 5.08. The molecule has 0 spiro atoms. The number of hydrogen-bond donors (Lipinski definition) is 0. The van der Waals surface area contributed by atoms with Gasteiger partial charge in [-0.1, -0.05) is 113 Å². The van der Waals surface area contributed by atoms with E-state index < -0.39 is 0 Å². The molecule has 0 saturated carbocycles. The highest BCUT2D eigenvalue weighted by molar-refractivity contribution is 9.10. The molecule has 1 heterocycles. The maximum Gasteiger partial charge on any atom is 0.283 e. The third-order valence-electron chi connectivity index (χ3n) is 7.62. The van der Waals surface area contributed by atoms with Gasteiger partial charge in [-0.25, -0.2) is 9.13 Å². The summed E-state index contributed by atoms with van der Waals surface area (Å²) in [7, 11) is 0. The smallest absolute Gasteiger partial charge is 0.219 e. The van der Waals surface area contributed by atoms with Crippen molar-refractivity contribution in [2.24, 2.45) is 0 Å². The average molecular weight is 581 g/mol. The molecule has 0 saturated heterocycles. The van der Waals surface area contributed by atoms with Gasteiger partial charge in [0.1, 0.15) is 13.1 Å². The lowest BCUT2D eigenvalue weighted by molar-refractivity contribution is -0.665. The molecular weight excluding hydrogens is 552 g/mol. The van der Waals surface area contributed by atoms with Crippen LogP contribution in [-0.4, -0.2) is 4.57 Å². The summed E-state index contributed by atoms with van der Waals surface area (Å²) >= 11 is 3.56. The molecule has 0 amide bonds. The molecule has 0 N–H and O–H groups in total. The fourth-order valence-electron chi connectivity index (χ4n) is 5.61. The molecule has 0 radical (unpaired) electrons. The summed E-state index contributed by atoms with van der Waals surface area (Å²) in [6.07, 6.45) is 4.49. The molecule has 2 nitrogen and oxygen atoms in total. The third-order valence-corrected chi connectivity index (χ3v) is 8.15. The van der Waals surface area contributed by atoms with Gasteiger partial charge in [0, 0.05) is 10.5 Å². The fourth-order valence-corrected chi connectivity index (χ4v) is 5.87. The number of aromatic nitrogens is 2. The van der Waals surface area contributed by atoms with Crippen molar-refractivity contribution in [1.29, 1.82) is 0 Å². The second-order valence-corrected chi connectivity index (χ2v) is 11.2. The van der Waals surface area contributed by atoms with Crippen LogP contribution >= 0.6 is 15.9 Å². The summed E-state index contributed by atoms with van der Waals surface area (Å²) in [6.45, 7) is 1.58. The van der Waals surface area contributed by atoms with Crippen LogP contribution in [0.5, 0.6) is 0 Å². The van der Waals surface area contributed by atoms with Crippen molar-refractivity contribution in [3.8, 4) is 0 Å². The second kappa shape index (κ2) is 10.6. The maximum absolute atomic E-state index is 3.56. The third kappa shape index (κ3) is 4.85. The molecule has 0 aliphatic heterocycles. The largest absolute Gasteiger partial charge is 0.283 e. The van der Waals surface area contributed by atoms with E-state index >= 15 is 0 Å². The van der Waals surface area contributed by atoms with E-state index in [1.165, 1.54) is 55.1 Å². The molecule has 192 valence electrons. The number of nitrogens with zero attached hydrogens (tertiary/aromatic N) is 2. The van der Waals surface area contributed by atoms with Crippen molar-refractivity contribution in [1.82, 2.24) is 4.57 Å². The Morgan fingerprint density at radius 2 is 1.18 bits per heavy atom. The first-order valence-corrected chi connectivity index (χ1v) is 14.4. The topological polar surface area (TPSA) is 8.81 Å². The quantitative estimate of drug-likeness (QED) is 0.173. The lowest BCUT2D eigenvalue weighted by atomic mass is 10.1. The van der Waals surface area contributed by atoms with Gasteiger partial charge in [0.15, 0.2) is 11.0 Å². The van der Waals surface area contributed by atoms with Crippen molar-refractivity contribution in [3.05, 3.63) is 160 Å². The highest BCUT2D eigenvalue weighted by Gasteiger charge is 2.23. The maximum atomic E-state index is 3.56. The minimum atomic E-state index is 0.788. The molecule has 0 atom stereocenters. The Morgan fingerprint density at radius 1 is 0.575 bits per heavy atom. The average Bonchev–Trinajstić information content (AvgIpc) is 3.28. The van der Waals surface area contributed by atoms with Crippen LogP contribution in [0.2, 0.25) is 0 Å². The highest BCUT2D eigenvalue weighted by atomic mass is 79.9. The van der Waals surface area contributed by atoms with Gasteiger partial charge in [0.25, 0.3) is 5.82 Å². The number of rotatable bonds is 6. The molecule has 0 bridgehead atoms. The van der Waals surface area contributed by atoms with Crippen LogP contribution in [0.25, 0.3) is 44.7 Å². The van der Waals surface area contributed by atoms with Gasteiger partial charge >= 0.3 is 0 Å². The first-order chi connectivity index (χ1) is 19.7. The van der Waals surface area contributed by atoms with Crippen LogP contribution in [-0.2, 0) is 13.1 Å². The van der Waals surface area contributed by atoms with Crippen molar-refractivity contribution >= 4 is 60.7 Å². The summed E-state index contributed by atoms with van der Waals surface area (Å²) in [5.41, 5.74) is 6.20. The van der Waals surface area contributed by atoms with Gasteiger partial charge in [-0.2, -0.15) is 0 Å². The number of hydrogen-bond acceptors (Lipinski definition) is 0. The van der Waals surface area contributed by atoms with Gasteiger partial charge in [0.2, 0.25) is 0 Å². The molecule has 7 rings (SSSR count). The molecule has 0 aliphatic rings. The SMILES string of the molecule is Brc1ccc(/C=C/c2n(Cc3ccc4ccccc4c3)c3ccccc3[n+]2Cc2ccc3ccccc3c2)cc1.